The highest BCUT2D eigenvalue weighted by Crippen LogP contribution is 2.10. The van der Waals surface area contributed by atoms with E-state index in [1.807, 2.05) is 0 Å². The molecule has 1 aromatic carbocycles. The Labute approximate surface area is 103 Å². The lowest BCUT2D eigenvalue weighted by atomic mass is 10.1. The molecule has 0 aromatic heterocycles. The molecule has 1 aliphatic heterocycles. The SMILES string of the molecule is ONCc1ccc(CCN2CCCCC2)cc1. The fourth-order valence-electron chi connectivity index (χ4n) is 2.39. The average Bonchev–Trinajstić information content (AvgIpc) is 2.40. The van der Waals surface area contributed by atoms with Crippen molar-refractivity contribution in [2.24, 2.45) is 0 Å². The van der Waals surface area contributed by atoms with Crippen LogP contribution in [0.5, 0.6) is 0 Å². The number of likely N-dealkylation sites (tertiary alicyclic amines) is 1. The average molecular weight is 234 g/mol. The van der Waals surface area contributed by atoms with E-state index in [1.54, 1.807) is 0 Å². The molecule has 0 aliphatic carbocycles. The summed E-state index contributed by atoms with van der Waals surface area (Å²) in [6.45, 7) is 4.24. The van der Waals surface area contributed by atoms with E-state index < -0.39 is 0 Å². The molecule has 94 valence electrons. The molecule has 3 nitrogen and oxygen atoms in total. The minimum atomic E-state index is 0.520. The maximum absolute atomic E-state index is 8.61. The van der Waals surface area contributed by atoms with Gasteiger partial charge in [0.25, 0.3) is 0 Å². The molecule has 3 heteroatoms. The second-order valence-electron chi connectivity index (χ2n) is 4.80. The third kappa shape index (κ3) is 4.11. The molecular formula is C14H22N2O. The first-order valence-corrected chi connectivity index (χ1v) is 6.55. The van der Waals surface area contributed by atoms with Crippen LogP contribution in [0.2, 0.25) is 0 Å². The molecule has 0 amide bonds. The second-order valence-corrected chi connectivity index (χ2v) is 4.80. The summed E-state index contributed by atoms with van der Waals surface area (Å²) in [5.74, 6) is 0. The van der Waals surface area contributed by atoms with E-state index in [1.165, 1.54) is 44.5 Å². The minimum absolute atomic E-state index is 0.520. The monoisotopic (exact) mass is 234 g/mol. The number of nitrogens with zero attached hydrogens (tertiary/aromatic N) is 1. The van der Waals surface area contributed by atoms with E-state index in [9.17, 15) is 0 Å². The fourth-order valence-corrected chi connectivity index (χ4v) is 2.39. The highest BCUT2D eigenvalue weighted by molar-refractivity contribution is 5.22. The topological polar surface area (TPSA) is 35.5 Å². The summed E-state index contributed by atoms with van der Waals surface area (Å²) < 4.78 is 0. The van der Waals surface area contributed by atoms with Crippen molar-refractivity contribution in [1.82, 2.24) is 10.4 Å². The van der Waals surface area contributed by atoms with Gasteiger partial charge in [0.1, 0.15) is 0 Å². The highest BCUT2D eigenvalue weighted by Gasteiger charge is 2.09. The Kier molecular flexibility index (Phi) is 4.98. The first-order valence-electron chi connectivity index (χ1n) is 6.55. The largest absolute Gasteiger partial charge is 0.316 e. The molecule has 0 bridgehead atoms. The predicted octanol–water partition coefficient (Wildman–Crippen LogP) is 2.19. The van der Waals surface area contributed by atoms with Crippen molar-refractivity contribution in [2.45, 2.75) is 32.2 Å². The summed E-state index contributed by atoms with van der Waals surface area (Å²) in [4.78, 5) is 2.56. The molecule has 0 unspecified atom stereocenters. The van der Waals surface area contributed by atoms with E-state index in [4.69, 9.17) is 5.21 Å². The van der Waals surface area contributed by atoms with Crippen LogP contribution in [0.25, 0.3) is 0 Å². The third-order valence-corrected chi connectivity index (χ3v) is 3.47. The zero-order valence-corrected chi connectivity index (χ0v) is 10.4. The number of nitrogens with one attached hydrogen (secondary N) is 1. The van der Waals surface area contributed by atoms with Crippen molar-refractivity contribution in [3.8, 4) is 0 Å². The summed E-state index contributed by atoms with van der Waals surface area (Å²) >= 11 is 0. The van der Waals surface area contributed by atoms with E-state index in [0.717, 1.165) is 12.0 Å². The molecule has 1 saturated heterocycles. The van der Waals surface area contributed by atoms with Gasteiger partial charge in [0, 0.05) is 13.1 Å². The Bertz CT molecular complexity index is 317. The zero-order chi connectivity index (χ0) is 11.9. The Morgan fingerprint density at radius 3 is 2.29 bits per heavy atom. The summed E-state index contributed by atoms with van der Waals surface area (Å²) in [6, 6.07) is 8.48. The Morgan fingerprint density at radius 1 is 1.00 bits per heavy atom. The van der Waals surface area contributed by atoms with E-state index in [0.29, 0.717) is 6.54 Å². The van der Waals surface area contributed by atoms with Gasteiger partial charge >= 0.3 is 0 Å². The van der Waals surface area contributed by atoms with Gasteiger partial charge in [-0.3, -0.25) is 0 Å². The van der Waals surface area contributed by atoms with Gasteiger partial charge in [-0.2, -0.15) is 0 Å². The lowest BCUT2D eigenvalue weighted by Gasteiger charge is -2.26. The predicted molar refractivity (Wildman–Crippen MR) is 69.1 cm³/mol. The smallest absolute Gasteiger partial charge is 0.0458 e. The van der Waals surface area contributed by atoms with Gasteiger partial charge in [-0.05, 0) is 43.5 Å². The quantitative estimate of drug-likeness (QED) is 0.767. The third-order valence-electron chi connectivity index (χ3n) is 3.47. The molecular weight excluding hydrogens is 212 g/mol. The van der Waals surface area contributed by atoms with Crippen LogP contribution in [0.4, 0.5) is 0 Å². The van der Waals surface area contributed by atoms with E-state index in [2.05, 4.69) is 34.6 Å². The molecule has 17 heavy (non-hydrogen) atoms. The van der Waals surface area contributed by atoms with Crippen LogP contribution in [0, 0.1) is 0 Å². The van der Waals surface area contributed by atoms with Gasteiger partial charge in [-0.15, -0.1) is 0 Å². The maximum Gasteiger partial charge on any atom is 0.0458 e. The summed E-state index contributed by atoms with van der Waals surface area (Å²) in [5.41, 5.74) is 4.68. The number of piperidine rings is 1. The van der Waals surface area contributed by atoms with Gasteiger partial charge in [0.05, 0.1) is 0 Å². The summed E-state index contributed by atoms with van der Waals surface area (Å²) in [6.07, 6.45) is 5.26. The summed E-state index contributed by atoms with van der Waals surface area (Å²) in [7, 11) is 0. The Morgan fingerprint density at radius 2 is 1.65 bits per heavy atom. The van der Waals surface area contributed by atoms with Crippen LogP contribution in [0.15, 0.2) is 24.3 Å². The fraction of sp³-hybridized carbons (Fsp3) is 0.571. The van der Waals surface area contributed by atoms with Gasteiger partial charge in [-0.1, -0.05) is 30.7 Å². The van der Waals surface area contributed by atoms with Gasteiger partial charge in [0.2, 0.25) is 0 Å². The Balaban J connectivity index is 1.77. The number of hydrogen-bond acceptors (Lipinski definition) is 3. The highest BCUT2D eigenvalue weighted by atomic mass is 16.5. The first kappa shape index (κ1) is 12.6. The molecule has 1 aliphatic rings. The van der Waals surface area contributed by atoms with Crippen LogP contribution in [-0.2, 0) is 13.0 Å². The van der Waals surface area contributed by atoms with Crippen molar-refractivity contribution in [3.63, 3.8) is 0 Å². The van der Waals surface area contributed by atoms with Gasteiger partial charge in [-0.25, -0.2) is 5.48 Å². The van der Waals surface area contributed by atoms with Crippen molar-refractivity contribution >= 4 is 0 Å². The van der Waals surface area contributed by atoms with Crippen LogP contribution < -0.4 is 5.48 Å². The molecule has 0 radical (unpaired) electrons. The number of hydroxylamine groups is 1. The van der Waals surface area contributed by atoms with E-state index in [-0.39, 0.29) is 0 Å². The number of benzene rings is 1. The molecule has 0 saturated carbocycles. The maximum atomic E-state index is 8.61. The lowest BCUT2D eigenvalue weighted by Crippen LogP contribution is -2.31. The minimum Gasteiger partial charge on any atom is -0.316 e. The second kappa shape index (κ2) is 6.74. The summed E-state index contributed by atoms with van der Waals surface area (Å²) in [5, 5.41) is 8.61. The molecule has 1 fully saturated rings. The van der Waals surface area contributed by atoms with Crippen molar-refractivity contribution in [1.29, 1.82) is 0 Å². The van der Waals surface area contributed by atoms with Crippen LogP contribution in [-0.4, -0.2) is 29.7 Å². The van der Waals surface area contributed by atoms with Crippen molar-refractivity contribution in [3.05, 3.63) is 35.4 Å². The molecule has 2 N–H and O–H groups in total. The lowest BCUT2D eigenvalue weighted by molar-refractivity contribution is 0.161. The number of hydrogen-bond donors (Lipinski definition) is 2. The Hall–Kier alpha value is -0.900. The van der Waals surface area contributed by atoms with Crippen LogP contribution >= 0.6 is 0 Å². The molecule has 0 atom stereocenters. The molecule has 0 spiro atoms. The normalized spacial score (nSPS) is 17.2. The van der Waals surface area contributed by atoms with Crippen LogP contribution in [0.1, 0.15) is 30.4 Å². The van der Waals surface area contributed by atoms with Crippen molar-refractivity contribution in [2.75, 3.05) is 19.6 Å². The van der Waals surface area contributed by atoms with Gasteiger partial charge in [0.15, 0.2) is 0 Å². The molecule has 1 aromatic rings. The number of rotatable bonds is 5. The standard InChI is InChI=1S/C14H22N2O/c17-15-12-14-6-4-13(5-7-14)8-11-16-9-2-1-3-10-16/h4-7,15,17H,1-3,8-12H2. The van der Waals surface area contributed by atoms with E-state index >= 15 is 0 Å². The van der Waals surface area contributed by atoms with Crippen molar-refractivity contribution < 1.29 is 5.21 Å². The zero-order valence-electron chi connectivity index (χ0n) is 10.4. The molecule has 2 rings (SSSR count). The molecule has 1 heterocycles. The van der Waals surface area contributed by atoms with Gasteiger partial charge < -0.3 is 10.1 Å². The van der Waals surface area contributed by atoms with Crippen LogP contribution in [0.3, 0.4) is 0 Å². The first-order chi connectivity index (χ1) is 8.38.